The van der Waals surface area contributed by atoms with Crippen LogP contribution in [0, 0.1) is 19.8 Å². The molecule has 1 atom stereocenters. The van der Waals surface area contributed by atoms with Crippen LogP contribution in [0.4, 0.5) is 11.4 Å². The van der Waals surface area contributed by atoms with E-state index in [0.717, 1.165) is 23.2 Å². The molecule has 1 saturated heterocycles. The van der Waals surface area contributed by atoms with Gasteiger partial charge in [-0.25, -0.2) is 4.79 Å². The largest absolute Gasteiger partial charge is 0.462 e. The van der Waals surface area contributed by atoms with E-state index < -0.39 is 5.92 Å². The van der Waals surface area contributed by atoms with E-state index in [-0.39, 0.29) is 24.2 Å². The Bertz CT molecular complexity index is 921. The number of ether oxygens (including phenoxy) is 1. The van der Waals surface area contributed by atoms with Gasteiger partial charge in [-0.1, -0.05) is 19.1 Å². The summed E-state index contributed by atoms with van der Waals surface area (Å²) in [5.41, 5.74) is 4.04. The maximum Gasteiger partial charge on any atom is 0.338 e. The Hall–Kier alpha value is -3.15. The molecule has 2 aromatic rings. The molecule has 1 fully saturated rings. The first kappa shape index (κ1) is 20.6. The zero-order chi connectivity index (χ0) is 21.0. The number of carbonyl (C=O) groups excluding carboxylic acids is 3. The van der Waals surface area contributed by atoms with E-state index in [0.29, 0.717) is 24.4 Å². The molecule has 0 bridgehead atoms. The van der Waals surface area contributed by atoms with Crippen LogP contribution in [0.15, 0.2) is 42.5 Å². The molecule has 1 aliphatic rings. The molecule has 0 radical (unpaired) electrons. The summed E-state index contributed by atoms with van der Waals surface area (Å²) >= 11 is 0. The summed E-state index contributed by atoms with van der Waals surface area (Å²) in [5, 5.41) is 2.84. The van der Waals surface area contributed by atoms with Gasteiger partial charge in [-0.2, -0.15) is 0 Å². The first-order chi connectivity index (χ1) is 13.9. The zero-order valence-electron chi connectivity index (χ0n) is 17.0. The number of hydrogen-bond acceptors (Lipinski definition) is 4. The highest BCUT2D eigenvalue weighted by Gasteiger charge is 2.35. The molecule has 0 unspecified atom stereocenters. The summed E-state index contributed by atoms with van der Waals surface area (Å²) in [6, 6.07) is 12.4. The first-order valence-electron chi connectivity index (χ1n) is 9.85. The average molecular weight is 394 g/mol. The summed E-state index contributed by atoms with van der Waals surface area (Å²) in [4.78, 5) is 38.7. The van der Waals surface area contributed by atoms with Gasteiger partial charge in [0, 0.05) is 24.3 Å². The van der Waals surface area contributed by atoms with E-state index >= 15 is 0 Å². The van der Waals surface area contributed by atoms with Crippen LogP contribution in [0.1, 0.15) is 41.3 Å². The highest BCUT2D eigenvalue weighted by Crippen LogP contribution is 2.30. The molecular weight excluding hydrogens is 368 g/mol. The second-order valence-corrected chi connectivity index (χ2v) is 7.33. The Kier molecular flexibility index (Phi) is 6.32. The third-order valence-electron chi connectivity index (χ3n) is 5.19. The molecule has 3 rings (SSSR count). The maximum absolute atomic E-state index is 12.7. The summed E-state index contributed by atoms with van der Waals surface area (Å²) in [5.74, 6) is -1.05. The number of benzene rings is 2. The summed E-state index contributed by atoms with van der Waals surface area (Å²) in [6.45, 7) is 6.66. The molecular formula is C23H26N2O4. The highest BCUT2D eigenvalue weighted by atomic mass is 16.5. The first-order valence-corrected chi connectivity index (χ1v) is 9.85. The van der Waals surface area contributed by atoms with Gasteiger partial charge in [-0.05, 0) is 61.7 Å². The standard InChI is InChI=1S/C23H26N2O4/c1-4-12-29-23(28)17-8-10-19(11-9-17)24-22(27)18-13-21(26)25(14-18)20-7-5-6-15(2)16(20)3/h5-11,18H,4,12-14H2,1-3H3,(H,24,27)/t18-/m0/s1. The molecule has 0 saturated carbocycles. The van der Waals surface area contributed by atoms with Crippen molar-refractivity contribution in [1.82, 2.24) is 0 Å². The number of nitrogens with zero attached hydrogens (tertiary/aromatic N) is 1. The molecule has 0 aromatic heterocycles. The Morgan fingerprint density at radius 3 is 2.55 bits per heavy atom. The van der Waals surface area contributed by atoms with Gasteiger partial charge in [0.1, 0.15) is 0 Å². The van der Waals surface area contributed by atoms with Crippen molar-refractivity contribution in [2.45, 2.75) is 33.6 Å². The molecule has 6 heteroatoms. The second kappa shape index (κ2) is 8.90. The second-order valence-electron chi connectivity index (χ2n) is 7.33. The minimum absolute atomic E-state index is 0.0483. The van der Waals surface area contributed by atoms with Crippen molar-refractivity contribution < 1.29 is 19.1 Å². The predicted octanol–water partition coefficient (Wildman–Crippen LogP) is 3.86. The molecule has 2 amide bonds. The minimum Gasteiger partial charge on any atom is -0.462 e. The SMILES string of the molecule is CCCOC(=O)c1ccc(NC(=O)[C@H]2CC(=O)N(c3cccc(C)c3C)C2)cc1. The fourth-order valence-corrected chi connectivity index (χ4v) is 3.36. The third-order valence-corrected chi connectivity index (χ3v) is 5.19. The number of carbonyl (C=O) groups is 3. The fourth-order valence-electron chi connectivity index (χ4n) is 3.36. The number of esters is 1. The molecule has 0 aliphatic carbocycles. The van der Waals surface area contributed by atoms with Crippen molar-refractivity contribution in [3.8, 4) is 0 Å². The molecule has 1 aliphatic heterocycles. The molecule has 1 heterocycles. The average Bonchev–Trinajstić information content (AvgIpc) is 3.10. The maximum atomic E-state index is 12.7. The van der Waals surface area contributed by atoms with E-state index in [9.17, 15) is 14.4 Å². The van der Waals surface area contributed by atoms with Crippen LogP contribution in [-0.2, 0) is 14.3 Å². The quantitative estimate of drug-likeness (QED) is 0.755. The Morgan fingerprint density at radius 1 is 1.14 bits per heavy atom. The van der Waals surface area contributed by atoms with E-state index in [1.165, 1.54) is 0 Å². The molecule has 152 valence electrons. The van der Waals surface area contributed by atoms with Crippen LogP contribution in [0.3, 0.4) is 0 Å². The van der Waals surface area contributed by atoms with E-state index in [2.05, 4.69) is 5.32 Å². The van der Waals surface area contributed by atoms with Crippen LogP contribution < -0.4 is 10.2 Å². The molecule has 0 spiro atoms. The summed E-state index contributed by atoms with van der Waals surface area (Å²) in [6.07, 6.45) is 0.944. The lowest BCUT2D eigenvalue weighted by Gasteiger charge is -2.20. The van der Waals surface area contributed by atoms with Crippen molar-refractivity contribution in [3.63, 3.8) is 0 Å². The number of amides is 2. The lowest BCUT2D eigenvalue weighted by molar-refractivity contribution is -0.122. The summed E-state index contributed by atoms with van der Waals surface area (Å²) < 4.78 is 5.09. The zero-order valence-corrected chi connectivity index (χ0v) is 17.0. The van der Waals surface area contributed by atoms with Crippen LogP contribution in [0.25, 0.3) is 0 Å². The van der Waals surface area contributed by atoms with Crippen LogP contribution in [0.5, 0.6) is 0 Å². The Morgan fingerprint density at radius 2 is 1.86 bits per heavy atom. The van der Waals surface area contributed by atoms with Gasteiger partial charge in [0.2, 0.25) is 11.8 Å². The van der Waals surface area contributed by atoms with Crippen molar-refractivity contribution in [2.75, 3.05) is 23.4 Å². The van der Waals surface area contributed by atoms with Gasteiger partial charge in [0.25, 0.3) is 0 Å². The van der Waals surface area contributed by atoms with Crippen LogP contribution in [-0.4, -0.2) is 30.9 Å². The third kappa shape index (κ3) is 4.65. The van der Waals surface area contributed by atoms with Gasteiger partial charge in [0.15, 0.2) is 0 Å². The topological polar surface area (TPSA) is 75.7 Å². The summed E-state index contributed by atoms with van der Waals surface area (Å²) in [7, 11) is 0. The van der Waals surface area contributed by atoms with Gasteiger partial charge in [0.05, 0.1) is 18.1 Å². The normalized spacial score (nSPS) is 16.0. The van der Waals surface area contributed by atoms with Crippen LogP contribution >= 0.6 is 0 Å². The lowest BCUT2D eigenvalue weighted by atomic mass is 10.1. The lowest BCUT2D eigenvalue weighted by Crippen LogP contribution is -2.28. The van der Waals surface area contributed by atoms with Crippen molar-refractivity contribution in [2.24, 2.45) is 5.92 Å². The van der Waals surface area contributed by atoms with E-state index in [1.54, 1.807) is 29.2 Å². The Balaban J connectivity index is 1.63. The Labute approximate surface area is 170 Å². The fraction of sp³-hybridized carbons (Fsp3) is 0.348. The number of aryl methyl sites for hydroxylation is 1. The van der Waals surface area contributed by atoms with E-state index in [4.69, 9.17) is 4.74 Å². The van der Waals surface area contributed by atoms with Gasteiger partial charge in [-0.15, -0.1) is 0 Å². The molecule has 29 heavy (non-hydrogen) atoms. The van der Waals surface area contributed by atoms with Gasteiger partial charge in [-0.3, -0.25) is 9.59 Å². The highest BCUT2D eigenvalue weighted by molar-refractivity contribution is 6.04. The minimum atomic E-state index is -0.420. The van der Waals surface area contributed by atoms with Gasteiger partial charge < -0.3 is 15.0 Å². The molecule has 6 nitrogen and oxygen atoms in total. The van der Waals surface area contributed by atoms with Crippen molar-refractivity contribution >= 4 is 29.2 Å². The number of anilines is 2. The van der Waals surface area contributed by atoms with Crippen molar-refractivity contribution in [1.29, 1.82) is 0 Å². The van der Waals surface area contributed by atoms with Crippen LogP contribution in [0.2, 0.25) is 0 Å². The van der Waals surface area contributed by atoms with Crippen molar-refractivity contribution in [3.05, 3.63) is 59.2 Å². The smallest absolute Gasteiger partial charge is 0.338 e. The number of nitrogens with one attached hydrogen (secondary N) is 1. The monoisotopic (exact) mass is 394 g/mol. The molecule has 2 aromatic carbocycles. The predicted molar refractivity (Wildman–Crippen MR) is 112 cm³/mol. The number of rotatable bonds is 6. The van der Waals surface area contributed by atoms with Gasteiger partial charge >= 0.3 is 5.97 Å². The number of hydrogen-bond donors (Lipinski definition) is 1. The molecule has 1 N–H and O–H groups in total. The van der Waals surface area contributed by atoms with E-state index in [1.807, 2.05) is 39.0 Å².